The van der Waals surface area contributed by atoms with Crippen LogP contribution < -0.4 is 20.3 Å². The van der Waals surface area contributed by atoms with Crippen molar-refractivity contribution in [3.05, 3.63) is 65.2 Å². The van der Waals surface area contributed by atoms with E-state index in [1.165, 1.54) is 6.20 Å². The lowest BCUT2D eigenvalue weighted by Crippen LogP contribution is -2.62. The zero-order valence-corrected chi connectivity index (χ0v) is 27.6. The molecule has 0 saturated carbocycles. The molecule has 0 aliphatic carbocycles. The number of carbonyl (C=O) groups is 2. The minimum atomic E-state index is -2.27. The molecule has 14 heteroatoms. The number of fused-ring (bicyclic) bond motifs is 1. The van der Waals surface area contributed by atoms with Crippen LogP contribution in [0, 0.1) is 23.4 Å². The summed E-state index contributed by atoms with van der Waals surface area (Å²) in [5.41, 5.74) is 0.0489. The summed E-state index contributed by atoms with van der Waals surface area (Å²) in [7, 11) is -2.27. The number of rotatable bonds is 7. The fourth-order valence-electron chi connectivity index (χ4n) is 5.68. The largest absolute Gasteiger partial charge is 0.477 e. The molecule has 1 fully saturated rings. The van der Waals surface area contributed by atoms with E-state index in [1.54, 1.807) is 0 Å². The standard InChI is InChI=1S/C32H38F3N5O5Si/c1-17-15-40(16-24(39-31(42)43)28(17)45-46(5,6)32(2,3)4)27-18-12-13-44-30(18)36-14-23(27)38-29(41)22-11-10-21(35)26(37-22)25-19(33)8-7-9-20(25)34/h7-11,14,17,24,28,39H,12-13,15-16H2,1-6H3,(H,38,41)(H,42,43)/t17-,24+,28+/m0/s1. The van der Waals surface area contributed by atoms with Crippen molar-refractivity contribution in [3.8, 4) is 17.1 Å². The molecule has 2 amide bonds. The molecule has 1 aromatic carbocycles. The average Bonchev–Trinajstić information content (AvgIpc) is 3.43. The van der Waals surface area contributed by atoms with Gasteiger partial charge < -0.3 is 29.8 Å². The fraction of sp³-hybridized carbons (Fsp3) is 0.438. The Balaban J connectivity index is 1.49. The summed E-state index contributed by atoms with van der Waals surface area (Å²) < 4.78 is 56.1. The third-order valence-corrected chi connectivity index (χ3v) is 13.4. The molecule has 2 aromatic heterocycles. The molecule has 0 unspecified atom stereocenters. The smallest absolute Gasteiger partial charge is 0.405 e. The Morgan fingerprint density at radius 2 is 1.78 bits per heavy atom. The molecule has 46 heavy (non-hydrogen) atoms. The summed E-state index contributed by atoms with van der Waals surface area (Å²) in [4.78, 5) is 35.8. The lowest BCUT2D eigenvalue weighted by molar-refractivity contribution is 0.0721. The SMILES string of the molecule is C[C@H]1CN(c2c(NC(=O)c3ccc(F)c(-c4c(F)cccc4F)n3)cnc3c2CCO3)C[C@@H](NC(=O)O)[C@@H]1O[Si](C)(C)C(C)(C)C. The number of anilines is 2. The van der Waals surface area contributed by atoms with Gasteiger partial charge in [0, 0.05) is 31.0 Å². The maximum absolute atomic E-state index is 14.7. The Labute approximate surface area is 266 Å². The van der Waals surface area contributed by atoms with Crippen molar-refractivity contribution in [2.45, 2.75) is 64.4 Å². The van der Waals surface area contributed by atoms with Gasteiger partial charge in [-0.15, -0.1) is 0 Å². The van der Waals surface area contributed by atoms with Gasteiger partial charge in [-0.2, -0.15) is 0 Å². The highest BCUT2D eigenvalue weighted by molar-refractivity contribution is 6.74. The number of aromatic nitrogens is 2. The third kappa shape index (κ3) is 6.54. The Morgan fingerprint density at radius 3 is 2.43 bits per heavy atom. The molecule has 3 aromatic rings. The van der Waals surface area contributed by atoms with E-state index in [9.17, 15) is 27.9 Å². The van der Waals surface area contributed by atoms with E-state index < -0.39 is 61.2 Å². The maximum Gasteiger partial charge on any atom is 0.405 e. The molecule has 4 heterocycles. The van der Waals surface area contributed by atoms with Crippen molar-refractivity contribution >= 4 is 31.7 Å². The number of carbonyl (C=O) groups excluding carboxylic acids is 1. The molecule has 1 saturated heterocycles. The van der Waals surface area contributed by atoms with Crippen LogP contribution in [0.5, 0.6) is 5.88 Å². The molecule has 0 bridgehead atoms. The van der Waals surface area contributed by atoms with E-state index in [1.807, 2.05) is 11.8 Å². The van der Waals surface area contributed by atoms with Gasteiger partial charge in [0.2, 0.25) is 5.88 Å². The Hall–Kier alpha value is -4.17. The summed E-state index contributed by atoms with van der Waals surface area (Å²) >= 11 is 0. The number of amides is 2. The van der Waals surface area contributed by atoms with Crippen molar-refractivity contribution in [3.63, 3.8) is 0 Å². The average molecular weight is 658 g/mol. The molecular weight excluding hydrogens is 619 g/mol. The second kappa shape index (κ2) is 12.6. The van der Waals surface area contributed by atoms with E-state index in [-0.39, 0.29) is 23.2 Å². The van der Waals surface area contributed by atoms with E-state index >= 15 is 0 Å². The number of halogens is 3. The van der Waals surface area contributed by atoms with Gasteiger partial charge >= 0.3 is 6.09 Å². The Morgan fingerprint density at radius 1 is 1.09 bits per heavy atom. The number of pyridine rings is 2. The fourth-order valence-corrected chi connectivity index (χ4v) is 7.11. The molecule has 246 valence electrons. The highest BCUT2D eigenvalue weighted by Crippen LogP contribution is 2.43. The minimum Gasteiger partial charge on any atom is -0.477 e. The molecule has 0 spiro atoms. The van der Waals surface area contributed by atoms with Gasteiger partial charge in [-0.1, -0.05) is 33.8 Å². The van der Waals surface area contributed by atoms with Gasteiger partial charge in [-0.05, 0) is 42.4 Å². The topological polar surface area (TPSA) is 126 Å². The van der Waals surface area contributed by atoms with E-state index in [0.717, 1.165) is 35.9 Å². The predicted octanol–water partition coefficient (Wildman–Crippen LogP) is 6.23. The highest BCUT2D eigenvalue weighted by Gasteiger charge is 2.45. The van der Waals surface area contributed by atoms with Gasteiger partial charge in [0.25, 0.3) is 5.91 Å². The van der Waals surface area contributed by atoms with E-state index in [0.29, 0.717) is 36.8 Å². The lowest BCUT2D eigenvalue weighted by atomic mass is 9.91. The van der Waals surface area contributed by atoms with Crippen molar-refractivity contribution in [1.29, 1.82) is 0 Å². The number of ether oxygens (including phenoxy) is 1. The molecule has 10 nitrogen and oxygen atoms in total. The van der Waals surface area contributed by atoms with Gasteiger partial charge in [0.1, 0.15) is 28.8 Å². The lowest BCUT2D eigenvalue weighted by Gasteiger charge is -2.48. The van der Waals surface area contributed by atoms with Gasteiger partial charge in [-0.3, -0.25) is 4.79 Å². The summed E-state index contributed by atoms with van der Waals surface area (Å²) in [5.74, 6) is -3.51. The molecule has 2 aliphatic rings. The van der Waals surface area contributed by atoms with Crippen LogP contribution in [0.25, 0.3) is 11.3 Å². The first-order chi connectivity index (χ1) is 21.6. The minimum absolute atomic E-state index is 0.0926. The maximum atomic E-state index is 14.7. The number of nitrogens with one attached hydrogen (secondary N) is 2. The summed E-state index contributed by atoms with van der Waals surface area (Å²) in [6.07, 6.45) is 0.363. The zero-order chi connectivity index (χ0) is 33.6. The van der Waals surface area contributed by atoms with Crippen molar-refractivity contribution in [2.75, 3.05) is 29.9 Å². The van der Waals surface area contributed by atoms with Crippen molar-refractivity contribution in [2.24, 2.45) is 5.92 Å². The summed E-state index contributed by atoms with van der Waals surface area (Å²) in [6.45, 7) is 13.7. The van der Waals surface area contributed by atoms with Crippen LogP contribution in [0.1, 0.15) is 43.7 Å². The highest BCUT2D eigenvalue weighted by atomic mass is 28.4. The first kappa shape index (κ1) is 33.2. The Kier molecular flexibility index (Phi) is 9.06. The van der Waals surface area contributed by atoms with Crippen molar-refractivity contribution < 1.29 is 37.0 Å². The van der Waals surface area contributed by atoms with Crippen LogP contribution in [0.2, 0.25) is 18.1 Å². The second-order valence-corrected chi connectivity index (χ2v) is 18.0. The quantitative estimate of drug-likeness (QED) is 0.256. The molecule has 3 N–H and O–H groups in total. The van der Waals surface area contributed by atoms with Crippen LogP contribution in [0.15, 0.2) is 36.5 Å². The van der Waals surface area contributed by atoms with Crippen LogP contribution >= 0.6 is 0 Å². The molecule has 0 radical (unpaired) electrons. The van der Waals surface area contributed by atoms with E-state index in [2.05, 4.69) is 54.5 Å². The first-order valence-corrected chi connectivity index (χ1v) is 18.0. The van der Waals surface area contributed by atoms with Crippen LogP contribution in [-0.4, -0.2) is 67.2 Å². The van der Waals surface area contributed by atoms with Crippen LogP contribution in [0.3, 0.4) is 0 Å². The van der Waals surface area contributed by atoms with Gasteiger partial charge in [-0.25, -0.2) is 27.9 Å². The Bertz CT molecular complexity index is 1650. The van der Waals surface area contributed by atoms with E-state index in [4.69, 9.17) is 9.16 Å². The van der Waals surface area contributed by atoms with Crippen molar-refractivity contribution in [1.82, 2.24) is 15.3 Å². The van der Waals surface area contributed by atoms with Crippen LogP contribution in [0.4, 0.5) is 29.3 Å². The number of nitrogens with zero attached hydrogens (tertiary/aromatic N) is 3. The molecule has 3 atom stereocenters. The van der Waals surface area contributed by atoms with Gasteiger partial charge in [0.05, 0.1) is 41.9 Å². The number of hydrogen-bond acceptors (Lipinski definition) is 7. The normalized spacial score (nSPS) is 19.8. The third-order valence-electron chi connectivity index (χ3n) is 8.97. The molecular formula is C32H38F3N5O5Si. The number of piperidine rings is 1. The summed E-state index contributed by atoms with van der Waals surface area (Å²) in [5, 5.41) is 15.1. The van der Waals surface area contributed by atoms with Gasteiger partial charge in [0.15, 0.2) is 8.32 Å². The summed E-state index contributed by atoms with van der Waals surface area (Å²) in [6, 6.07) is 4.55. The molecule has 2 aliphatic heterocycles. The first-order valence-electron chi connectivity index (χ1n) is 15.1. The number of benzene rings is 1. The molecule has 5 rings (SSSR count). The monoisotopic (exact) mass is 657 g/mol. The number of carboxylic acid groups (broad SMARTS) is 1. The predicted molar refractivity (Wildman–Crippen MR) is 169 cm³/mol. The zero-order valence-electron chi connectivity index (χ0n) is 26.6. The van der Waals surface area contributed by atoms with Crippen LogP contribution in [-0.2, 0) is 10.8 Å². The second-order valence-electron chi connectivity index (χ2n) is 13.3. The number of hydrogen-bond donors (Lipinski definition) is 3.